The molecule has 1 atom stereocenters. The van der Waals surface area contributed by atoms with Gasteiger partial charge in [-0.15, -0.1) is 0 Å². The van der Waals surface area contributed by atoms with Crippen LogP contribution in [0.2, 0.25) is 0 Å². The number of hydrogen-bond acceptors (Lipinski definition) is 8. The molecule has 1 heterocycles. The van der Waals surface area contributed by atoms with E-state index in [1.54, 1.807) is 31.4 Å². The molecular weight excluding hydrogens is 496 g/mol. The van der Waals surface area contributed by atoms with Crippen LogP contribution in [0.5, 0.6) is 28.7 Å². The largest absolute Gasteiger partial charge is 0.493 e. The van der Waals surface area contributed by atoms with Crippen LogP contribution in [0, 0.1) is 24.2 Å². The topological polar surface area (TPSA) is 113 Å². The van der Waals surface area contributed by atoms with Crippen LogP contribution in [-0.4, -0.2) is 26.3 Å². The third-order valence-electron chi connectivity index (χ3n) is 6.24. The summed E-state index contributed by atoms with van der Waals surface area (Å²) in [7, 11) is 1.57. The molecule has 1 unspecified atom stereocenters. The molecule has 0 aliphatic carbocycles. The Morgan fingerprint density at radius 1 is 1.05 bits per heavy atom. The van der Waals surface area contributed by atoms with Crippen LogP contribution < -0.4 is 29.4 Å². The number of rotatable bonds is 10. The summed E-state index contributed by atoms with van der Waals surface area (Å²) < 4.78 is 28.3. The normalized spacial score (nSPS) is 14.2. The van der Waals surface area contributed by atoms with Gasteiger partial charge in [0, 0.05) is 11.6 Å². The minimum Gasteiger partial charge on any atom is -0.493 e. The zero-order chi connectivity index (χ0) is 27.9. The number of allylic oxidation sites excluding steroid dienone is 1. The second kappa shape index (κ2) is 12.3. The number of carbonyl (C=O) groups is 1. The Labute approximate surface area is 228 Å². The maximum absolute atomic E-state index is 12.4. The van der Waals surface area contributed by atoms with E-state index in [2.05, 4.69) is 19.9 Å². The van der Waals surface area contributed by atoms with Crippen molar-refractivity contribution in [2.45, 2.75) is 33.1 Å². The van der Waals surface area contributed by atoms with Crippen molar-refractivity contribution in [3.8, 4) is 34.8 Å². The van der Waals surface area contributed by atoms with Gasteiger partial charge in [-0.25, -0.2) is 4.79 Å². The number of benzene rings is 3. The van der Waals surface area contributed by atoms with Crippen LogP contribution in [0.1, 0.15) is 42.9 Å². The molecule has 3 aromatic carbocycles. The smallest absolute Gasteiger partial charge is 0.349 e. The van der Waals surface area contributed by atoms with Crippen molar-refractivity contribution in [1.82, 2.24) is 0 Å². The van der Waals surface area contributed by atoms with Crippen molar-refractivity contribution in [2.24, 2.45) is 11.7 Å². The number of aryl methyl sites for hydroxylation is 1. The van der Waals surface area contributed by atoms with Crippen molar-refractivity contribution in [3.05, 3.63) is 88.8 Å². The standard InChI is InChI=1S/C31H32N2O6/c1-19(2)12-13-36-26-11-8-21(15-28(26)35-4)30-24-10-9-23(16-27(24)39-31(33)25(30)17-32)38-29(34)18-37-22-7-5-6-20(3)14-22/h5-11,14-16,19,30H,12-13,18,33H2,1-4H3. The van der Waals surface area contributed by atoms with E-state index in [1.165, 1.54) is 0 Å². The summed E-state index contributed by atoms with van der Waals surface area (Å²) in [4.78, 5) is 12.4. The fraction of sp³-hybridized carbons (Fsp3) is 0.290. The highest BCUT2D eigenvalue weighted by Crippen LogP contribution is 2.45. The highest BCUT2D eigenvalue weighted by molar-refractivity contribution is 5.74. The Hall–Kier alpha value is -4.64. The summed E-state index contributed by atoms with van der Waals surface area (Å²) in [5, 5.41) is 9.90. The number of fused-ring (bicyclic) bond motifs is 1. The molecule has 8 nitrogen and oxygen atoms in total. The Morgan fingerprint density at radius 3 is 2.59 bits per heavy atom. The third kappa shape index (κ3) is 6.63. The minimum atomic E-state index is -0.567. The SMILES string of the molecule is COc1cc(C2C(C#N)=C(N)Oc3cc(OC(=O)COc4cccc(C)c4)ccc32)ccc1OCCC(C)C. The molecule has 0 radical (unpaired) electrons. The first-order valence-electron chi connectivity index (χ1n) is 12.7. The molecule has 8 heteroatoms. The van der Waals surface area contributed by atoms with Crippen molar-refractivity contribution >= 4 is 5.97 Å². The molecule has 1 aliphatic rings. The molecule has 0 saturated heterocycles. The fourth-order valence-electron chi connectivity index (χ4n) is 4.24. The summed E-state index contributed by atoms with van der Waals surface area (Å²) in [6, 6.07) is 20.1. The Balaban J connectivity index is 1.55. The van der Waals surface area contributed by atoms with Crippen molar-refractivity contribution in [1.29, 1.82) is 5.26 Å². The molecule has 0 bridgehead atoms. The van der Waals surface area contributed by atoms with Crippen LogP contribution in [0.25, 0.3) is 0 Å². The van der Waals surface area contributed by atoms with E-state index in [0.29, 0.717) is 41.1 Å². The molecule has 39 heavy (non-hydrogen) atoms. The van der Waals surface area contributed by atoms with Gasteiger partial charge in [-0.2, -0.15) is 5.26 Å². The summed E-state index contributed by atoms with van der Waals surface area (Å²) in [5.74, 6) is 1.84. The van der Waals surface area contributed by atoms with E-state index in [1.807, 2.05) is 43.3 Å². The first-order chi connectivity index (χ1) is 18.8. The summed E-state index contributed by atoms with van der Waals surface area (Å²) in [6.45, 7) is 6.53. The van der Waals surface area contributed by atoms with Gasteiger partial charge in [-0.1, -0.05) is 38.1 Å². The van der Waals surface area contributed by atoms with Gasteiger partial charge in [-0.3, -0.25) is 0 Å². The monoisotopic (exact) mass is 528 g/mol. The van der Waals surface area contributed by atoms with E-state index >= 15 is 0 Å². The Bertz CT molecular complexity index is 1420. The van der Waals surface area contributed by atoms with Crippen molar-refractivity contribution < 1.29 is 28.5 Å². The minimum absolute atomic E-state index is 0.0162. The molecule has 0 amide bonds. The second-order valence-electron chi connectivity index (χ2n) is 9.64. The first kappa shape index (κ1) is 27.4. The zero-order valence-electron chi connectivity index (χ0n) is 22.5. The van der Waals surface area contributed by atoms with Crippen LogP contribution >= 0.6 is 0 Å². The lowest BCUT2D eigenvalue weighted by molar-refractivity contribution is -0.136. The van der Waals surface area contributed by atoms with Gasteiger partial charge in [0.2, 0.25) is 5.88 Å². The van der Waals surface area contributed by atoms with Crippen LogP contribution in [0.15, 0.2) is 72.1 Å². The highest BCUT2D eigenvalue weighted by atomic mass is 16.6. The van der Waals surface area contributed by atoms with Gasteiger partial charge < -0.3 is 29.4 Å². The van der Waals surface area contributed by atoms with Gasteiger partial charge in [0.05, 0.1) is 19.6 Å². The molecule has 4 rings (SSSR count). The summed E-state index contributed by atoms with van der Waals surface area (Å²) >= 11 is 0. The van der Waals surface area contributed by atoms with Crippen LogP contribution in [0.4, 0.5) is 0 Å². The number of nitrogens with zero attached hydrogens (tertiary/aromatic N) is 1. The molecule has 2 N–H and O–H groups in total. The maximum atomic E-state index is 12.4. The number of hydrogen-bond donors (Lipinski definition) is 1. The number of nitriles is 1. The number of esters is 1. The summed E-state index contributed by atoms with van der Waals surface area (Å²) in [6.07, 6.45) is 0.918. The fourth-order valence-corrected chi connectivity index (χ4v) is 4.24. The lowest BCUT2D eigenvalue weighted by Gasteiger charge is -2.27. The van der Waals surface area contributed by atoms with E-state index in [0.717, 1.165) is 17.5 Å². The van der Waals surface area contributed by atoms with E-state index in [-0.39, 0.29) is 23.8 Å². The first-order valence-corrected chi connectivity index (χ1v) is 12.7. The van der Waals surface area contributed by atoms with Gasteiger partial charge in [0.15, 0.2) is 18.1 Å². The van der Waals surface area contributed by atoms with Gasteiger partial charge in [0.25, 0.3) is 0 Å². The number of carbonyl (C=O) groups excluding carboxylic acids is 1. The van der Waals surface area contributed by atoms with Crippen LogP contribution in [-0.2, 0) is 4.79 Å². The van der Waals surface area contributed by atoms with E-state index in [4.69, 9.17) is 29.4 Å². The molecule has 202 valence electrons. The number of nitrogens with two attached hydrogens (primary N) is 1. The molecule has 1 aliphatic heterocycles. The van der Waals surface area contributed by atoms with Gasteiger partial charge >= 0.3 is 5.97 Å². The predicted molar refractivity (Wildman–Crippen MR) is 146 cm³/mol. The highest BCUT2D eigenvalue weighted by Gasteiger charge is 2.31. The second-order valence-corrected chi connectivity index (χ2v) is 9.64. The maximum Gasteiger partial charge on any atom is 0.349 e. The average molecular weight is 529 g/mol. The molecule has 0 fully saturated rings. The Morgan fingerprint density at radius 2 is 1.87 bits per heavy atom. The molecular formula is C31H32N2O6. The Kier molecular flexibility index (Phi) is 8.62. The van der Waals surface area contributed by atoms with E-state index < -0.39 is 11.9 Å². The summed E-state index contributed by atoms with van der Waals surface area (Å²) in [5.41, 5.74) is 8.93. The van der Waals surface area contributed by atoms with Gasteiger partial charge in [0.1, 0.15) is 28.9 Å². The lowest BCUT2D eigenvalue weighted by atomic mass is 9.83. The van der Waals surface area contributed by atoms with Crippen molar-refractivity contribution in [3.63, 3.8) is 0 Å². The number of methoxy groups -OCH3 is 1. The third-order valence-corrected chi connectivity index (χ3v) is 6.24. The number of ether oxygens (including phenoxy) is 5. The molecule has 3 aromatic rings. The molecule has 0 saturated carbocycles. The molecule has 0 spiro atoms. The van der Waals surface area contributed by atoms with Crippen molar-refractivity contribution in [2.75, 3.05) is 20.3 Å². The quantitative estimate of drug-likeness (QED) is 0.266. The zero-order valence-corrected chi connectivity index (χ0v) is 22.5. The van der Waals surface area contributed by atoms with E-state index in [9.17, 15) is 10.1 Å². The van der Waals surface area contributed by atoms with Gasteiger partial charge in [-0.05, 0) is 60.7 Å². The predicted octanol–water partition coefficient (Wildman–Crippen LogP) is 5.63. The average Bonchev–Trinajstić information content (AvgIpc) is 2.91. The molecule has 0 aromatic heterocycles. The lowest BCUT2D eigenvalue weighted by Crippen LogP contribution is -2.22. The van der Waals surface area contributed by atoms with Crippen LogP contribution in [0.3, 0.4) is 0 Å².